The molecule has 0 aromatic rings. The fraction of sp³-hybridized carbons (Fsp3) is 0.714. The summed E-state index contributed by atoms with van der Waals surface area (Å²) in [7, 11) is 0. The highest BCUT2D eigenvalue weighted by Gasteiger charge is 2.34. The Morgan fingerprint density at radius 3 is 2.35 bits per heavy atom. The molecule has 0 heterocycles. The lowest BCUT2D eigenvalue weighted by Crippen LogP contribution is -2.54. The summed E-state index contributed by atoms with van der Waals surface area (Å²) in [5, 5.41) is 9.29. The van der Waals surface area contributed by atoms with Crippen molar-refractivity contribution in [1.29, 1.82) is 0 Å². The number of carbonyl (C=O) groups excluding carboxylic acids is 2. The molecule has 0 bridgehead atoms. The minimum absolute atomic E-state index is 0.281. The van der Waals surface area contributed by atoms with Gasteiger partial charge in [-0.2, -0.15) is 0 Å². The standard InChI is InChI=1S/C14H26N2O4/c1-6-7-8-11(12(15)18)16(10(2)9-17)13(19)20-14(3,4)5/h6,10-11,17H,1,7-9H2,2-5H3,(H2,15,18)/t10-,11?/m0/s1. The van der Waals surface area contributed by atoms with Gasteiger partial charge in [0.15, 0.2) is 0 Å². The van der Waals surface area contributed by atoms with Crippen LogP contribution in [0.4, 0.5) is 4.79 Å². The molecule has 3 N–H and O–H groups in total. The van der Waals surface area contributed by atoms with Crippen molar-refractivity contribution in [2.75, 3.05) is 6.61 Å². The third-order valence-corrected chi connectivity index (χ3v) is 2.65. The van der Waals surface area contributed by atoms with Crippen molar-refractivity contribution < 1.29 is 19.4 Å². The topological polar surface area (TPSA) is 92.9 Å². The monoisotopic (exact) mass is 286 g/mol. The minimum atomic E-state index is -0.829. The molecule has 0 aliphatic rings. The number of hydrogen-bond acceptors (Lipinski definition) is 4. The van der Waals surface area contributed by atoms with Gasteiger partial charge >= 0.3 is 6.09 Å². The molecule has 2 amide bonds. The van der Waals surface area contributed by atoms with Crippen molar-refractivity contribution in [1.82, 2.24) is 4.90 Å². The molecule has 0 aromatic carbocycles. The van der Waals surface area contributed by atoms with Crippen molar-refractivity contribution in [3.05, 3.63) is 12.7 Å². The summed E-state index contributed by atoms with van der Waals surface area (Å²) in [5.41, 5.74) is 4.68. The number of carbonyl (C=O) groups is 2. The quantitative estimate of drug-likeness (QED) is 0.692. The second-order valence-electron chi connectivity index (χ2n) is 5.70. The second kappa shape index (κ2) is 7.89. The molecule has 6 nitrogen and oxygen atoms in total. The molecule has 6 heteroatoms. The number of aliphatic hydroxyl groups is 1. The Balaban J connectivity index is 5.23. The first-order valence-corrected chi connectivity index (χ1v) is 6.66. The first-order chi connectivity index (χ1) is 9.14. The summed E-state index contributed by atoms with van der Waals surface area (Å²) >= 11 is 0. The van der Waals surface area contributed by atoms with Crippen LogP contribution in [0.15, 0.2) is 12.7 Å². The van der Waals surface area contributed by atoms with Crippen molar-refractivity contribution >= 4 is 12.0 Å². The molecule has 0 fully saturated rings. The Morgan fingerprint density at radius 2 is 2.00 bits per heavy atom. The molecule has 0 radical (unpaired) electrons. The third-order valence-electron chi connectivity index (χ3n) is 2.65. The lowest BCUT2D eigenvalue weighted by atomic mass is 10.1. The highest BCUT2D eigenvalue weighted by Crippen LogP contribution is 2.17. The van der Waals surface area contributed by atoms with Crippen molar-refractivity contribution in [3.8, 4) is 0 Å². The third kappa shape index (κ3) is 6.06. The van der Waals surface area contributed by atoms with Crippen molar-refractivity contribution in [2.24, 2.45) is 5.73 Å². The molecule has 0 aliphatic carbocycles. The van der Waals surface area contributed by atoms with E-state index in [4.69, 9.17) is 10.5 Å². The lowest BCUT2D eigenvalue weighted by Gasteiger charge is -2.35. The number of aliphatic hydroxyl groups excluding tert-OH is 1. The van der Waals surface area contributed by atoms with E-state index in [9.17, 15) is 14.7 Å². The van der Waals surface area contributed by atoms with Gasteiger partial charge in [-0.05, 0) is 40.5 Å². The summed E-state index contributed by atoms with van der Waals surface area (Å²) in [5.74, 6) is -0.627. The number of amides is 2. The number of allylic oxidation sites excluding steroid dienone is 1. The molecular formula is C14H26N2O4. The van der Waals surface area contributed by atoms with Gasteiger partial charge in [0.2, 0.25) is 5.91 Å². The maximum Gasteiger partial charge on any atom is 0.411 e. The van der Waals surface area contributed by atoms with Gasteiger partial charge in [0.25, 0.3) is 0 Å². The zero-order valence-electron chi connectivity index (χ0n) is 12.8. The van der Waals surface area contributed by atoms with E-state index in [2.05, 4.69) is 6.58 Å². The predicted molar refractivity (Wildman–Crippen MR) is 77.0 cm³/mol. The van der Waals surface area contributed by atoms with E-state index in [-0.39, 0.29) is 6.61 Å². The van der Waals surface area contributed by atoms with Gasteiger partial charge in [0.1, 0.15) is 11.6 Å². The first-order valence-electron chi connectivity index (χ1n) is 6.66. The highest BCUT2D eigenvalue weighted by atomic mass is 16.6. The molecule has 116 valence electrons. The van der Waals surface area contributed by atoms with Crippen LogP contribution in [-0.4, -0.2) is 46.3 Å². The van der Waals surface area contributed by atoms with Gasteiger partial charge in [-0.15, -0.1) is 6.58 Å². The van der Waals surface area contributed by atoms with Crippen LogP contribution in [0.25, 0.3) is 0 Å². The summed E-state index contributed by atoms with van der Waals surface area (Å²) in [6.45, 7) is 10.1. The fourth-order valence-corrected chi connectivity index (χ4v) is 1.71. The normalized spacial score (nSPS) is 14.2. The maximum atomic E-state index is 12.2. The Kier molecular flexibility index (Phi) is 7.28. The van der Waals surface area contributed by atoms with E-state index in [1.165, 1.54) is 4.90 Å². The van der Waals surface area contributed by atoms with Gasteiger partial charge < -0.3 is 15.6 Å². The van der Waals surface area contributed by atoms with E-state index in [1.807, 2.05) is 0 Å². The van der Waals surface area contributed by atoms with Crippen LogP contribution in [0.3, 0.4) is 0 Å². The molecule has 0 saturated heterocycles. The van der Waals surface area contributed by atoms with Crippen LogP contribution >= 0.6 is 0 Å². The second-order valence-corrected chi connectivity index (χ2v) is 5.70. The van der Waals surface area contributed by atoms with Gasteiger partial charge in [0, 0.05) is 0 Å². The summed E-state index contributed by atoms with van der Waals surface area (Å²) in [6.07, 6.45) is 1.87. The number of nitrogens with zero attached hydrogens (tertiary/aromatic N) is 1. The Bertz CT molecular complexity index is 350. The molecular weight excluding hydrogens is 260 g/mol. The Labute approximate surface area is 120 Å². The number of rotatable bonds is 7. The average Bonchev–Trinajstić information content (AvgIpc) is 2.30. The molecule has 0 spiro atoms. The van der Waals surface area contributed by atoms with Crippen LogP contribution < -0.4 is 5.73 Å². The fourth-order valence-electron chi connectivity index (χ4n) is 1.71. The smallest absolute Gasteiger partial charge is 0.411 e. The summed E-state index contributed by atoms with van der Waals surface area (Å²) in [6, 6.07) is -1.39. The predicted octanol–water partition coefficient (Wildman–Crippen LogP) is 1.42. The first kappa shape index (κ1) is 18.4. The molecule has 0 aliphatic heterocycles. The van der Waals surface area contributed by atoms with E-state index in [0.717, 1.165) is 0 Å². The molecule has 0 rings (SSSR count). The highest BCUT2D eigenvalue weighted by molar-refractivity contribution is 5.84. The number of nitrogens with two attached hydrogens (primary N) is 1. The zero-order valence-corrected chi connectivity index (χ0v) is 12.8. The van der Waals surface area contributed by atoms with Crippen LogP contribution in [0.1, 0.15) is 40.5 Å². The van der Waals surface area contributed by atoms with Gasteiger partial charge in [0.05, 0.1) is 12.6 Å². The average molecular weight is 286 g/mol. The van der Waals surface area contributed by atoms with E-state index in [0.29, 0.717) is 12.8 Å². The van der Waals surface area contributed by atoms with Crippen LogP contribution in [0.5, 0.6) is 0 Å². The van der Waals surface area contributed by atoms with E-state index < -0.39 is 29.7 Å². The van der Waals surface area contributed by atoms with Gasteiger partial charge in [-0.1, -0.05) is 6.08 Å². The largest absolute Gasteiger partial charge is 0.444 e. The lowest BCUT2D eigenvalue weighted by molar-refractivity contribution is -0.124. The van der Waals surface area contributed by atoms with Crippen molar-refractivity contribution in [3.63, 3.8) is 0 Å². The van der Waals surface area contributed by atoms with Crippen molar-refractivity contribution in [2.45, 2.75) is 58.2 Å². The maximum absolute atomic E-state index is 12.2. The molecule has 2 atom stereocenters. The molecule has 20 heavy (non-hydrogen) atoms. The minimum Gasteiger partial charge on any atom is -0.444 e. The van der Waals surface area contributed by atoms with Crippen LogP contribution in [-0.2, 0) is 9.53 Å². The summed E-state index contributed by atoms with van der Waals surface area (Å²) < 4.78 is 5.28. The number of hydrogen-bond donors (Lipinski definition) is 2. The van der Waals surface area contributed by atoms with Crippen LogP contribution in [0, 0.1) is 0 Å². The Morgan fingerprint density at radius 1 is 1.45 bits per heavy atom. The van der Waals surface area contributed by atoms with E-state index in [1.54, 1.807) is 33.8 Å². The number of ether oxygens (including phenoxy) is 1. The SMILES string of the molecule is C=CCCC(C(N)=O)N(C(=O)OC(C)(C)C)[C@@H](C)CO. The van der Waals surface area contributed by atoms with Crippen LogP contribution in [0.2, 0.25) is 0 Å². The number of primary amides is 1. The molecule has 1 unspecified atom stereocenters. The summed E-state index contributed by atoms with van der Waals surface area (Å²) in [4.78, 5) is 25.0. The zero-order chi connectivity index (χ0) is 15.9. The molecule has 0 aromatic heterocycles. The Hall–Kier alpha value is -1.56. The van der Waals surface area contributed by atoms with Gasteiger partial charge in [-0.3, -0.25) is 9.69 Å². The van der Waals surface area contributed by atoms with E-state index >= 15 is 0 Å². The molecule has 0 saturated carbocycles. The van der Waals surface area contributed by atoms with Gasteiger partial charge in [-0.25, -0.2) is 4.79 Å².